The largest absolute Gasteiger partial charge is 0.339 e. The molecule has 0 N–H and O–H groups in total. The van der Waals surface area contributed by atoms with Crippen LogP contribution in [-0.2, 0) is 4.79 Å². The number of aryl methyl sites for hydroxylation is 4. The molecule has 2 aromatic carbocycles. The van der Waals surface area contributed by atoms with Gasteiger partial charge in [-0.2, -0.15) is 5.10 Å². The molecule has 0 bridgehead atoms. The molecule has 2 amide bonds. The van der Waals surface area contributed by atoms with E-state index in [0.29, 0.717) is 31.9 Å². The van der Waals surface area contributed by atoms with Crippen molar-refractivity contribution in [3.05, 3.63) is 70.4 Å². The lowest BCUT2D eigenvalue weighted by Crippen LogP contribution is -2.50. The van der Waals surface area contributed by atoms with Crippen molar-refractivity contribution in [1.82, 2.24) is 19.6 Å². The molecule has 6 nitrogen and oxygen atoms in total. The molecule has 1 aliphatic rings. The normalized spacial score (nSPS) is 14.0. The zero-order valence-corrected chi connectivity index (χ0v) is 19.5. The highest BCUT2D eigenvalue weighted by atomic mass is 16.2. The average molecular weight is 431 g/mol. The van der Waals surface area contributed by atoms with Crippen LogP contribution in [0.2, 0.25) is 0 Å². The number of amides is 2. The van der Waals surface area contributed by atoms with Crippen molar-refractivity contribution in [2.45, 2.75) is 34.6 Å². The maximum atomic E-state index is 13.6. The summed E-state index contributed by atoms with van der Waals surface area (Å²) in [4.78, 5) is 28.8. The molecule has 166 valence electrons. The molecule has 6 heteroatoms. The summed E-state index contributed by atoms with van der Waals surface area (Å²) >= 11 is 0. The Kier molecular flexibility index (Phi) is 5.87. The van der Waals surface area contributed by atoms with Crippen LogP contribution in [0.1, 0.15) is 39.7 Å². The minimum absolute atomic E-state index is 0.0504. The second-order valence-corrected chi connectivity index (χ2v) is 8.71. The summed E-state index contributed by atoms with van der Waals surface area (Å²) < 4.78 is 1.78. The highest BCUT2D eigenvalue weighted by Crippen LogP contribution is 2.26. The molecule has 1 aromatic heterocycles. The number of rotatable bonds is 3. The Balaban J connectivity index is 1.76. The van der Waals surface area contributed by atoms with Crippen molar-refractivity contribution in [2.75, 3.05) is 26.2 Å². The van der Waals surface area contributed by atoms with Gasteiger partial charge < -0.3 is 9.80 Å². The van der Waals surface area contributed by atoms with Crippen LogP contribution in [0.15, 0.2) is 42.5 Å². The van der Waals surface area contributed by atoms with Gasteiger partial charge in [-0.25, -0.2) is 4.68 Å². The van der Waals surface area contributed by atoms with Crippen molar-refractivity contribution in [3.8, 4) is 16.9 Å². The van der Waals surface area contributed by atoms with Gasteiger partial charge >= 0.3 is 0 Å². The van der Waals surface area contributed by atoms with E-state index < -0.39 is 0 Å². The van der Waals surface area contributed by atoms with Gasteiger partial charge in [-0.15, -0.1) is 0 Å². The topological polar surface area (TPSA) is 58.4 Å². The first-order valence-corrected chi connectivity index (χ1v) is 11.0. The van der Waals surface area contributed by atoms with Crippen molar-refractivity contribution in [3.63, 3.8) is 0 Å². The molecule has 1 aliphatic heterocycles. The zero-order chi connectivity index (χ0) is 23.0. The van der Waals surface area contributed by atoms with Crippen LogP contribution in [-0.4, -0.2) is 57.6 Å². The molecule has 2 heterocycles. The Morgan fingerprint density at radius 1 is 0.781 bits per heavy atom. The van der Waals surface area contributed by atoms with E-state index in [4.69, 9.17) is 5.10 Å². The lowest BCUT2D eigenvalue weighted by Gasteiger charge is -2.34. The van der Waals surface area contributed by atoms with Crippen molar-refractivity contribution in [1.29, 1.82) is 0 Å². The third-order valence-electron chi connectivity index (χ3n) is 6.32. The molecule has 1 saturated heterocycles. The summed E-state index contributed by atoms with van der Waals surface area (Å²) in [7, 11) is 0. The maximum Gasteiger partial charge on any atom is 0.272 e. The van der Waals surface area contributed by atoms with Gasteiger partial charge in [0.1, 0.15) is 5.69 Å². The third kappa shape index (κ3) is 4.17. The summed E-state index contributed by atoms with van der Waals surface area (Å²) in [6.45, 7) is 12.0. The van der Waals surface area contributed by atoms with E-state index in [-0.39, 0.29) is 11.8 Å². The molecule has 3 aromatic rings. The van der Waals surface area contributed by atoms with Crippen LogP contribution in [0.25, 0.3) is 16.9 Å². The van der Waals surface area contributed by atoms with Gasteiger partial charge in [0.25, 0.3) is 5.91 Å². The van der Waals surface area contributed by atoms with E-state index in [1.54, 1.807) is 16.5 Å². The molecule has 4 rings (SSSR count). The first kappa shape index (κ1) is 21.8. The molecule has 1 fully saturated rings. The standard InChI is InChI=1S/C26H30N4O2/c1-17-6-9-24(20(4)14-17)30-25(26(32)29-12-10-28(11-13-29)21(5)31)16-23(27-30)22-8-7-18(2)19(3)15-22/h6-9,14-16H,10-13H2,1-5H3. The molecule has 0 radical (unpaired) electrons. The second-order valence-electron chi connectivity index (χ2n) is 8.71. The molecule has 0 unspecified atom stereocenters. The Labute approximate surface area is 189 Å². The Morgan fingerprint density at radius 3 is 2.09 bits per heavy atom. The lowest BCUT2D eigenvalue weighted by molar-refractivity contribution is -0.130. The maximum absolute atomic E-state index is 13.6. The fourth-order valence-electron chi connectivity index (χ4n) is 4.19. The van der Waals surface area contributed by atoms with E-state index in [9.17, 15) is 9.59 Å². The monoisotopic (exact) mass is 430 g/mol. The fraction of sp³-hybridized carbons (Fsp3) is 0.346. The molecule has 0 saturated carbocycles. The second kappa shape index (κ2) is 8.61. The van der Waals surface area contributed by atoms with Crippen molar-refractivity contribution in [2.24, 2.45) is 0 Å². The van der Waals surface area contributed by atoms with Crippen molar-refractivity contribution < 1.29 is 9.59 Å². The third-order valence-corrected chi connectivity index (χ3v) is 6.32. The SMILES string of the molecule is CC(=O)N1CCN(C(=O)c2cc(-c3ccc(C)c(C)c3)nn2-c2ccc(C)cc2C)CC1. The van der Waals surface area contributed by atoms with Gasteiger partial charge in [-0.3, -0.25) is 9.59 Å². The number of aromatic nitrogens is 2. The zero-order valence-electron chi connectivity index (χ0n) is 19.5. The van der Waals surface area contributed by atoms with Crippen LogP contribution in [0, 0.1) is 27.7 Å². The van der Waals surface area contributed by atoms with Gasteiger partial charge in [-0.05, 0) is 62.6 Å². The predicted octanol–water partition coefficient (Wildman–Crippen LogP) is 4.08. The highest BCUT2D eigenvalue weighted by molar-refractivity contribution is 5.94. The summed E-state index contributed by atoms with van der Waals surface area (Å²) in [5, 5.41) is 4.88. The van der Waals surface area contributed by atoms with Gasteiger partial charge in [0.2, 0.25) is 5.91 Å². The van der Waals surface area contributed by atoms with E-state index in [1.165, 1.54) is 16.7 Å². The first-order valence-electron chi connectivity index (χ1n) is 11.0. The summed E-state index contributed by atoms with van der Waals surface area (Å²) in [6, 6.07) is 14.3. The summed E-state index contributed by atoms with van der Waals surface area (Å²) in [5.74, 6) is -0.00907. The number of nitrogens with zero attached hydrogens (tertiary/aromatic N) is 4. The molecular weight excluding hydrogens is 400 g/mol. The minimum atomic E-state index is -0.0595. The van der Waals surface area contributed by atoms with Crippen LogP contribution in [0.5, 0.6) is 0 Å². The van der Waals surface area contributed by atoms with E-state index in [2.05, 4.69) is 45.0 Å². The van der Waals surface area contributed by atoms with E-state index in [0.717, 1.165) is 22.5 Å². The van der Waals surface area contributed by atoms with Crippen molar-refractivity contribution >= 4 is 11.8 Å². The Hall–Kier alpha value is -3.41. The highest BCUT2D eigenvalue weighted by Gasteiger charge is 2.27. The number of piperazine rings is 1. The van der Waals surface area contributed by atoms with Crippen LogP contribution in [0.4, 0.5) is 0 Å². The number of hydrogen-bond donors (Lipinski definition) is 0. The molecule has 0 atom stereocenters. The van der Waals surface area contributed by atoms with Gasteiger partial charge in [0.05, 0.1) is 11.4 Å². The number of carbonyl (C=O) groups is 2. The molecule has 0 aliphatic carbocycles. The minimum Gasteiger partial charge on any atom is -0.339 e. The molecule has 0 spiro atoms. The van der Waals surface area contributed by atoms with E-state index in [1.807, 2.05) is 30.0 Å². The first-order chi connectivity index (χ1) is 15.2. The fourth-order valence-corrected chi connectivity index (χ4v) is 4.19. The lowest BCUT2D eigenvalue weighted by atomic mass is 10.0. The Bertz CT molecular complexity index is 1190. The smallest absolute Gasteiger partial charge is 0.272 e. The number of benzene rings is 2. The molecule has 32 heavy (non-hydrogen) atoms. The van der Waals surface area contributed by atoms with Gasteiger partial charge in [0.15, 0.2) is 0 Å². The summed E-state index contributed by atoms with van der Waals surface area (Å²) in [5.41, 5.74) is 7.86. The summed E-state index contributed by atoms with van der Waals surface area (Å²) in [6.07, 6.45) is 0. The van der Waals surface area contributed by atoms with Gasteiger partial charge in [-0.1, -0.05) is 29.8 Å². The quantitative estimate of drug-likeness (QED) is 0.629. The van der Waals surface area contributed by atoms with Gasteiger partial charge in [0, 0.05) is 38.7 Å². The average Bonchev–Trinajstić information content (AvgIpc) is 3.20. The van der Waals surface area contributed by atoms with Crippen LogP contribution < -0.4 is 0 Å². The predicted molar refractivity (Wildman–Crippen MR) is 126 cm³/mol. The molecular formula is C26H30N4O2. The van der Waals surface area contributed by atoms with Crippen LogP contribution in [0.3, 0.4) is 0 Å². The number of carbonyl (C=O) groups excluding carboxylic acids is 2. The Morgan fingerprint density at radius 2 is 1.47 bits per heavy atom. The van der Waals surface area contributed by atoms with Crippen LogP contribution >= 0.6 is 0 Å². The van der Waals surface area contributed by atoms with E-state index >= 15 is 0 Å². The number of hydrogen-bond acceptors (Lipinski definition) is 3.